The van der Waals surface area contributed by atoms with Crippen LogP contribution in [0.4, 0.5) is 0 Å². The molecule has 0 aromatic carbocycles. The average molecular weight is 228 g/mol. The van der Waals surface area contributed by atoms with Crippen LogP contribution in [0.3, 0.4) is 0 Å². The second kappa shape index (κ2) is 6.55. The molecule has 4 nitrogen and oxygen atoms in total. The molecule has 2 aliphatic heterocycles. The van der Waals surface area contributed by atoms with E-state index in [2.05, 4.69) is 17.3 Å². The van der Waals surface area contributed by atoms with Crippen molar-refractivity contribution in [2.24, 2.45) is 0 Å². The van der Waals surface area contributed by atoms with Crippen LogP contribution in [-0.2, 0) is 9.47 Å². The van der Waals surface area contributed by atoms with Crippen molar-refractivity contribution in [3.05, 3.63) is 0 Å². The minimum atomic E-state index is 0.364. The van der Waals surface area contributed by atoms with Gasteiger partial charge in [0.1, 0.15) is 0 Å². The normalized spacial score (nSPS) is 33.6. The van der Waals surface area contributed by atoms with Crippen molar-refractivity contribution in [2.45, 2.75) is 31.4 Å². The Kier molecular flexibility index (Phi) is 5.03. The summed E-state index contributed by atoms with van der Waals surface area (Å²) in [7, 11) is 2.16. The summed E-state index contributed by atoms with van der Waals surface area (Å²) in [5.74, 6) is 0. The van der Waals surface area contributed by atoms with E-state index in [1.807, 2.05) is 0 Å². The smallest absolute Gasteiger partial charge is 0.0826 e. The number of ether oxygens (including phenoxy) is 2. The van der Waals surface area contributed by atoms with E-state index < -0.39 is 0 Å². The number of hydrogen-bond donors (Lipinski definition) is 1. The van der Waals surface area contributed by atoms with Gasteiger partial charge in [0.05, 0.1) is 12.7 Å². The molecule has 0 aromatic rings. The SMILES string of the molecule is CN1CCOC(CNC2CCCOCC2)C1. The third kappa shape index (κ3) is 4.01. The molecule has 0 spiro atoms. The van der Waals surface area contributed by atoms with Gasteiger partial charge in [-0.25, -0.2) is 0 Å². The lowest BCUT2D eigenvalue weighted by atomic mass is 10.1. The molecule has 2 aliphatic rings. The number of morpholine rings is 1. The standard InChI is InChI=1S/C12H24N2O2/c1-14-5-8-16-12(10-14)9-13-11-3-2-6-15-7-4-11/h11-13H,2-10H2,1H3. The number of rotatable bonds is 3. The predicted molar refractivity (Wildman–Crippen MR) is 63.7 cm³/mol. The molecule has 0 radical (unpaired) electrons. The van der Waals surface area contributed by atoms with Gasteiger partial charge in [-0.05, 0) is 26.3 Å². The zero-order valence-corrected chi connectivity index (χ0v) is 10.3. The molecule has 0 aliphatic carbocycles. The Morgan fingerprint density at radius 3 is 3.06 bits per heavy atom. The van der Waals surface area contributed by atoms with Gasteiger partial charge < -0.3 is 19.7 Å². The largest absolute Gasteiger partial charge is 0.381 e. The maximum absolute atomic E-state index is 5.74. The molecule has 0 aromatic heterocycles. The van der Waals surface area contributed by atoms with Gasteiger partial charge in [-0.15, -0.1) is 0 Å². The van der Waals surface area contributed by atoms with Crippen LogP contribution < -0.4 is 5.32 Å². The van der Waals surface area contributed by atoms with Crippen LogP contribution >= 0.6 is 0 Å². The van der Waals surface area contributed by atoms with Gasteiger partial charge in [0.2, 0.25) is 0 Å². The van der Waals surface area contributed by atoms with E-state index >= 15 is 0 Å². The Morgan fingerprint density at radius 2 is 2.19 bits per heavy atom. The van der Waals surface area contributed by atoms with Crippen LogP contribution in [0.25, 0.3) is 0 Å². The van der Waals surface area contributed by atoms with Crippen LogP contribution in [0.1, 0.15) is 19.3 Å². The van der Waals surface area contributed by atoms with Crippen molar-refractivity contribution in [2.75, 3.05) is 46.5 Å². The quantitative estimate of drug-likeness (QED) is 0.761. The number of nitrogens with one attached hydrogen (secondary N) is 1. The predicted octanol–water partition coefficient (Wildman–Crippen LogP) is 0.476. The summed E-state index contributed by atoms with van der Waals surface area (Å²) in [6, 6.07) is 0.623. The lowest BCUT2D eigenvalue weighted by Crippen LogP contribution is -2.46. The van der Waals surface area contributed by atoms with Crippen LogP contribution in [-0.4, -0.2) is 63.5 Å². The highest BCUT2D eigenvalue weighted by atomic mass is 16.5. The molecule has 0 saturated carbocycles. The summed E-state index contributed by atoms with van der Waals surface area (Å²) in [5.41, 5.74) is 0. The fourth-order valence-corrected chi connectivity index (χ4v) is 2.40. The van der Waals surface area contributed by atoms with E-state index in [4.69, 9.17) is 9.47 Å². The second-order valence-corrected chi connectivity index (χ2v) is 4.90. The third-order valence-corrected chi connectivity index (χ3v) is 3.43. The van der Waals surface area contributed by atoms with E-state index in [9.17, 15) is 0 Å². The van der Waals surface area contributed by atoms with Crippen LogP contribution in [0.2, 0.25) is 0 Å². The summed E-state index contributed by atoms with van der Waals surface area (Å²) in [6.45, 7) is 5.81. The van der Waals surface area contributed by atoms with E-state index in [0.717, 1.165) is 45.9 Å². The molecule has 94 valence electrons. The molecule has 2 fully saturated rings. The summed E-state index contributed by atoms with van der Waals surface area (Å²) in [6.07, 6.45) is 3.93. The summed E-state index contributed by atoms with van der Waals surface area (Å²) < 4.78 is 11.2. The molecule has 2 heterocycles. The molecular formula is C12H24N2O2. The van der Waals surface area contributed by atoms with Crippen molar-refractivity contribution in [3.63, 3.8) is 0 Å². The maximum atomic E-state index is 5.74. The first-order valence-corrected chi connectivity index (χ1v) is 6.46. The van der Waals surface area contributed by atoms with Gasteiger partial charge in [0.25, 0.3) is 0 Å². The molecule has 1 N–H and O–H groups in total. The summed E-state index contributed by atoms with van der Waals surface area (Å²) >= 11 is 0. The highest BCUT2D eigenvalue weighted by Crippen LogP contribution is 2.09. The van der Waals surface area contributed by atoms with E-state index in [-0.39, 0.29) is 0 Å². The van der Waals surface area contributed by atoms with Crippen LogP contribution in [0.5, 0.6) is 0 Å². The second-order valence-electron chi connectivity index (χ2n) is 4.90. The molecule has 2 unspecified atom stereocenters. The van der Waals surface area contributed by atoms with Gasteiger partial charge in [0, 0.05) is 38.9 Å². The first-order valence-electron chi connectivity index (χ1n) is 6.46. The van der Waals surface area contributed by atoms with Crippen molar-refractivity contribution in [1.82, 2.24) is 10.2 Å². The molecule has 0 amide bonds. The highest BCUT2D eigenvalue weighted by Gasteiger charge is 2.19. The minimum Gasteiger partial charge on any atom is -0.381 e. The summed E-state index contributed by atoms with van der Waals surface area (Å²) in [4.78, 5) is 2.34. The zero-order valence-electron chi connectivity index (χ0n) is 10.3. The highest BCUT2D eigenvalue weighted by molar-refractivity contribution is 4.75. The lowest BCUT2D eigenvalue weighted by molar-refractivity contribution is -0.0195. The van der Waals surface area contributed by atoms with Gasteiger partial charge in [-0.1, -0.05) is 0 Å². The Labute approximate surface area is 98.3 Å². The van der Waals surface area contributed by atoms with E-state index in [1.165, 1.54) is 12.8 Å². The van der Waals surface area contributed by atoms with E-state index in [0.29, 0.717) is 12.1 Å². The Hall–Kier alpha value is -0.160. The molecular weight excluding hydrogens is 204 g/mol. The Bertz CT molecular complexity index is 191. The molecule has 2 saturated heterocycles. The van der Waals surface area contributed by atoms with Crippen LogP contribution in [0, 0.1) is 0 Å². The van der Waals surface area contributed by atoms with Gasteiger partial charge in [-0.2, -0.15) is 0 Å². The van der Waals surface area contributed by atoms with Crippen molar-refractivity contribution < 1.29 is 9.47 Å². The van der Waals surface area contributed by atoms with Crippen molar-refractivity contribution in [1.29, 1.82) is 0 Å². The Balaban J connectivity index is 1.65. The first-order chi connectivity index (χ1) is 7.84. The monoisotopic (exact) mass is 228 g/mol. The topological polar surface area (TPSA) is 33.7 Å². The molecule has 2 rings (SSSR count). The van der Waals surface area contributed by atoms with Crippen molar-refractivity contribution >= 4 is 0 Å². The summed E-state index contributed by atoms with van der Waals surface area (Å²) in [5, 5.41) is 3.62. The van der Waals surface area contributed by atoms with E-state index in [1.54, 1.807) is 0 Å². The van der Waals surface area contributed by atoms with Crippen LogP contribution in [0.15, 0.2) is 0 Å². The fourth-order valence-electron chi connectivity index (χ4n) is 2.40. The molecule has 0 bridgehead atoms. The zero-order chi connectivity index (χ0) is 11.2. The number of nitrogens with zero attached hydrogens (tertiary/aromatic N) is 1. The average Bonchev–Trinajstić information content (AvgIpc) is 2.55. The third-order valence-electron chi connectivity index (χ3n) is 3.43. The molecule has 4 heteroatoms. The number of hydrogen-bond acceptors (Lipinski definition) is 4. The number of likely N-dealkylation sites (N-methyl/N-ethyl adjacent to an activating group) is 1. The maximum Gasteiger partial charge on any atom is 0.0826 e. The van der Waals surface area contributed by atoms with Gasteiger partial charge in [-0.3, -0.25) is 0 Å². The van der Waals surface area contributed by atoms with Gasteiger partial charge in [0.15, 0.2) is 0 Å². The first kappa shape index (κ1) is 12.3. The minimum absolute atomic E-state index is 0.364. The fraction of sp³-hybridized carbons (Fsp3) is 1.00. The Morgan fingerprint density at radius 1 is 1.25 bits per heavy atom. The molecule has 16 heavy (non-hydrogen) atoms. The van der Waals surface area contributed by atoms with Gasteiger partial charge >= 0.3 is 0 Å². The van der Waals surface area contributed by atoms with Crippen molar-refractivity contribution in [3.8, 4) is 0 Å². The molecule has 2 atom stereocenters. The lowest BCUT2D eigenvalue weighted by Gasteiger charge is -2.31.